The summed E-state index contributed by atoms with van der Waals surface area (Å²) in [6.45, 7) is 2.54. The Labute approximate surface area is 278 Å². The van der Waals surface area contributed by atoms with Crippen molar-refractivity contribution in [2.45, 2.75) is 19.4 Å². The molecule has 2 heterocycles. The lowest BCUT2D eigenvalue weighted by Crippen LogP contribution is -2.42. The van der Waals surface area contributed by atoms with E-state index in [4.69, 9.17) is 13.6 Å². The van der Waals surface area contributed by atoms with Crippen molar-refractivity contribution in [3.63, 3.8) is 0 Å². The van der Waals surface area contributed by atoms with Crippen LogP contribution < -0.4 is 14.4 Å². The maximum atomic E-state index is 14.6. The molecule has 10 nitrogen and oxygen atoms in total. The van der Waals surface area contributed by atoms with Gasteiger partial charge in [0.2, 0.25) is 15.9 Å². The summed E-state index contributed by atoms with van der Waals surface area (Å²) in [4.78, 5) is 17.6. The number of anilines is 1. The minimum absolute atomic E-state index is 0.0718. The number of halogens is 3. The molecule has 0 spiro atoms. The van der Waals surface area contributed by atoms with Crippen LogP contribution in [0.2, 0.25) is 0 Å². The molecule has 0 radical (unpaired) electrons. The number of carbonyl (C=O) groups excluding carboxylic acids is 1. The molecule has 1 amide bonds. The number of oxazole rings is 1. The van der Waals surface area contributed by atoms with Crippen molar-refractivity contribution in [1.29, 1.82) is 0 Å². The Morgan fingerprint density at radius 2 is 1.65 bits per heavy atom. The van der Waals surface area contributed by atoms with Gasteiger partial charge < -0.3 is 24.0 Å². The normalized spacial score (nSPS) is 12.1. The zero-order valence-electron chi connectivity index (χ0n) is 26.9. The summed E-state index contributed by atoms with van der Waals surface area (Å²) in [6.07, 6.45) is 0.986. The van der Waals surface area contributed by atoms with Crippen molar-refractivity contribution in [3.8, 4) is 39.7 Å². The van der Waals surface area contributed by atoms with E-state index in [1.54, 1.807) is 24.3 Å². The van der Waals surface area contributed by atoms with Gasteiger partial charge in [-0.2, -0.15) is 0 Å². The summed E-state index contributed by atoms with van der Waals surface area (Å²) in [6, 6.07) is 14.8. The number of aromatic nitrogens is 1. The second-order valence-corrected chi connectivity index (χ2v) is 13.9. The zero-order chi connectivity index (χ0) is 35.4. The van der Waals surface area contributed by atoms with Crippen molar-refractivity contribution >= 4 is 43.7 Å². The van der Waals surface area contributed by atoms with E-state index in [1.165, 1.54) is 58.3 Å². The van der Waals surface area contributed by atoms with Crippen LogP contribution in [0, 0.1) is 17.5 Å². The predicted octanol–water partition coefficient (Wildman–Crippen LogP) is 6.90. The highest BCUT2D eigenvalue weighted by Crippen LogP contribution is 2.44. The number of fused-ring (bicyclic) bond motifs is 2. The lowest BCUT2D eigenvalue weighted by molar-refractivity contribution is 0.0909. The van der Waals surface area contributed by atoms with Crippen LogP contribution >= 0.6 is 0 Å². The van der Waals surface area contributed by atoms with Gasteiger partial charge in [-0.25, -0.2) is 26.6 Å². The van der Waals surface area contributed by atoms with Crippen LogP contribution in [-0.2, 0) is 10.0 Å². The molecule has 0 bridgehead atoms. The summed E-state index contributed by atoms with van der Waals surface area (Å²) in [7, 11) is -1.23. The molecule has 0 aliphatic heterocycles. The molecule has 0 aliphatic carbocycles. The minimum atomic E-state index is -4.05. The van der Waals surface area contributed by atoms with Crippen LogP contribution in [0.1, 0.15) is 24.2 Å². The van der Waals surface area contributed by atoms with Gasteiger partial charge in [0, 0.05) is 41.8 Å². The van der Waals surface area contributed by atoms with Crippen molar-refractivity contribution in [2.24, 2.45) is 0 Å². The number of benzene rings is 4. The molecular formula is C35H30F3N3O7S. The molecule has 6 rings (SSSR count). The number of sulfonamides is 1. The third-order valence-corrected chi connectivity index (χ3v) is 8.84. The zero-order valence-corrected chi connectivity index (χ0v) is 27.7. The first-order chi connectivity index (χ1) is 23.1. The molecule has 4 aromatic carbocycles. The van der Waals surface area contributed by atoms with Gasteiger partial charge >= 0.3 is 0 Å². The van der Waals surface area contributed by atoms with Crippen LogP contribution in [0.25, 0.3) is 56.0 Å². The first-order valence-corrected chi connectivity index (χ1v) is 16.7. The highest BCUT2D eigenvalue weighted by molar-refractivity contribution is 7.92. The summed E-state index contributed by atoms with van der Waals surface area (Å²) >= 11 is 0. The molecular weight excluding hydrogens is 663 g/mol. The SMILES string of the molecule is CNC(=O)c1c(-c2ccc(F)cc2)oc2cc(N(CC(C)(C)O)S(C)(=O)=O)c(-c3ccc(OC)c(-c4nc5cc(F)cc(F)c5o4)c3)cc12. The van der Waals surface area contributed by atoms with Crippen LogP contribution in [0.15, 0.2) is 75.6 Å². The second-order valence-electron chi connectivity index (χ2n) is 12.0. The van der Waals surface area contributed by atoms with E-state index in [2.05, 4.69) is 10.3 Å². The fourth-order valence-corrected chi connectivity index (χ4v) is 6.63. The Bertz CT molecular complexity index is 2360. The maximum Gasteiger partial charge on any atom is 0.255 e. The molecule has 254 valence electrons. The minimum Gasteiger partial charge on any atom is -0.496 e. The molecule has 0 fully saturated rings. The number of aliphatic hydroxyl groups is 1. The van der Waals surface area contributed by atoms with Gasteiger partial charge in [0.15, 0.2) is 11.4 Å². The van der Waals surface area contributed by atoms with Crippen molar-refractivity contribution < 1.29 is 45.1 Å². The second kappa shape index (κ2) is 12.3. The fourth-order valence-electron chi connectivity index (χ4n) is 5.57. The Kier molecular flexibility index (Phi) is 8.41. The van der Waals surface area contributed by atoms with E-state index in [-0.39, 0.29) is 63.0 Å². The molecule has 2 N–H and O–H groups in total. The van der Waals surface area contributed by atoms with E-state index >= 15 is 0 Å². The van der Waals surface area contributed by atoms with Crippen molar-refractivity contribution in [2.75, 3.05) is 31.3 Å². The molecule has 6 aromatic rings. The van der Waals surface area contributed by atoms with Crippen LogP contribution in [0.5, 0.6) is 5.75 Å². The van der Waals surface area contributed by atoms with Gasteiger partial charge in [-0.1, -0.05) is 6.07 Å². The molecule has 0 atom stereocenters. The number of ether oxygens (including phenoxy) is 1. The van der Waals surface area contributed by atoms with Crippen LogP contribution in [0.3, 0.4) is 0 Å². The van der Waals surface area contributed by atoms with Gasteiger partial charge in [-0.3, -0.25) is 9.10 Å². The molecule has 49 heavy (non-hydrogen) atoms. The molecule has 0 unspecified atom stereocenters. The van der Waals surface area contributed by atoms with Crippen molar-refractivity contribution in [1.82, 2.24) is 10.3 Å². The number of carbonyl (C=O) groups is 1. The topological polar surface area (TPSA) is 135 Å². The number of rotatable bonds is 9. The quantitative estimate of drug-likeness (QED) is 0.167. The average Bonchev–Trinajstić information content (AvgIpc) is 3.63. The summed E-state index contributed by atoms with van der Waals surface area (Å²) in [5.41, 5.74) is -0.256. The molecule has 0 saturated carbocycles. The van der Waals surface area contributed by atoms with Crippen LogP contribution in [0.4, 0.5) is 18.9 Å². The molecule has 14 heteroatoms. The first kappa shape index (κ1) is 33.6. The van der Waals surface area contributed by atoms with E-state index < -0.39 is 39.0 Å². The van der Waals surface area contributed by atoms with Gasteiger partial charge in [0.1, 0.15) is 34.2 Å². The Balaban J connectivity index is 1.67. The summed E-state index contributed by atoms with van der Waals surface area (Å²) in [5.74, 6) is -2.56. The van der Waals surface area contributed by atoms with Crippen LogP contribution in [-0.4, -0.2) is 57.0 Å². The third kappa shape index (κ3) is 6.44. The maximum absolute atomic E-state index is 14.6. The highest BCUT2D eigenvalue weighted by Gasteiger charge is 2.31. The Morgan fingerprint density at radius 3 is 2.29 bits per heavy atom. The fraction of sp³-hybridized carbons (Fsp3) is 0.200. The monoisotopic (exact) mass is 693 g/mol. The highest BCUT2D eigenvalue weighted by atomic mass is 32.2. The number of hydrogen-bond donors (Lipinski definition) is 2. The first-order valence-electron chi connectivity index (χ1n) is 14.8. The third-order valence-electron chi connectivity index (χ3n) is 7.72. The van der Waals surface area contributed by atoms with Gasteiger partial charge in [0.05, 0.1) is 42.3 Å². The number of nitrogens with one attached hydrogen (secondary N) is 1. The molecule has 0 aliphatic rings. The van der Waals surface area contributed by atoms with E-state index in [1.807, 2.05) is 0 Å². The van der Waals surface area contributed by atoms with E-state index in [0.29, 0.717) is 22.6 Å². The average molecular weight is 694 g/mol. The standard InChI is InChI=1S/C35H30F3N3O7S/c1-35(2,43)17-41(49(5,44)45)27-16-29-23(30(33(42)39-3)31(47-29)18-6-9-20(36)10-7-18)15-22(27)19-8-11-28(46-4)24(12-19)34-40-26-14-21(37)13-25(38)32(26)48-34/h6-16,43H,17H2,1-5H3,(H,39,42). The van der Waals surface area contributed by atoms with Gasteiger partial charge in [0.25, 0.3) is 5.91 Å². The van der Waals surface area contributed by atoms with E-state index in [0.717, 1.165) is 16.6 Å². The molecule has 0 saturated heterocycles. The Hall–Kier alpha value is -5.34. The van der Waals surface area contributed by atoms with Gasteiger partial charge in [-0.05, 0) is 61.9 Å². The number of amides is 1. The smallest absolute Gasteiger partial charge is 0.255 e. The lowest BCUT2D eigenvalue weighted by Gasteiger charge is -2.30. The summed E-state index contributed by atoms with van der Waals surface area (Å²) in [5, 5.41) is 13.7. The molecule has 2 aromatic heterocycles. The number of methoxy groups -OCH3 is 1. The summed E-state index contributed by atoms with van der Waals surface area (Å²) < 4.78 is 87.5. The Morgan fingerprint density at radius 1 is 0.959 bits per heavy atom. The number of furan rings is 1. The van der Waals surface area contributed by atoms with E-state index in [9.17, 15) is 31.5 Å². The number of hydrogen-bond acceptors (Lipinski definition) is 8. The largest absolute Gasteiger partial charge is 0.496 e. The lowest BCUT2D eigenvalue weighted by atomic mass is 9.96. The number of nitrogens with zero attached hydrogens (tertiary/aromatic N) is 2. The van der Waals surface area contributed by atoms with Crippen molar-refractivity contribution in [3.05, 3.63) is 89.7 Å². The predicted molar refractivity (Wildman–Crippen MR) is 178 cm³/mol. The van der Waals surface area contributed by atoms with Gasteiger partial charge in [-0.15, -0.1) is 0 Å².